The number of aromatic nitrogens is 1. The summed E-state index contributed by atoms with van der Waals surface area (Å²) in [6.07, 6.45) is 1.77. The van der Waals surface area contributed by atoms with Crippen molar-refractivity contribution < 1.29 is 4.42 Å². The van der Waals surface area contributed by atoms with Gasteiger partial charge in [0.25, 0.3) is 0 Å². The second-order valence-corrected chi connectivity index (χ2v) is 4.88. The molecule has 3 rings (SSSR count). The van der Waals surface area contributed by atoms with Crippen molar-refractivity contribution in [3.63, 3.8) is 0 Å². The van der Waals surface area contributed by atoms with Gasteiger partial charge in [-0.3, -0.25) is 4.98 Å². The molecule has 1 aromatic carbocycles. The molecule has 2 aromatic heterocycles. The van der Waals surface area contributed by atoms with Crippen molar-refractivity contribution in [3.8, 4) is 11.5 Å². The number of furan rings is 1. The fraction of sp³-hybridized carbons (Fsp3) is 0.0714. The number of nitrogens with zero attached hydrogens (tertiary/aromatic N) is 1. The van der Waals surface area contributed by atoms with E-state index in [2.05, 4.69) is 33.9 Å². The van der Waals surface area contributed by atoms with E-state index in [0.717, 1.165) is 26.9 Å². The van der Waals surface area contributed by atoms with Gasteiger partial charge in [0.15, 0.2) is 5.76 Å². The Labute approximate surface area is 107 Å². The predicted octanol–water partition coefficient (Wildman–Crippen LogP) is 4.57. The van der Waals surface area contributed by atoms with E-state index >= 15 is 0 Å². The third-order valence-corrected chi connectivity index (χ3v) is 3.18. The maximum Gasteiger partial charge on any atom is 0.153 e. The highest BCUT2D eigenvalue weighted by molar-refractivity contribution is 9.10. The van der Waals surface area contributed by atoms with Crippen LogP contribution in [0, 0.1) is 6.92 Å². The van der Waals surface area contributed by atoms with Crippen LogP contribution < -0.4 is 0 Å². The predicted molar refractivity (Wildman–Crippen MR) is 71.9 cm³/mol. The molecule has 0 radical (unpaired) electrons. The van der Waals surface area contributed by atoms with Crippen molar-refractivity contribution >= 4 is 26.9 Å². The molecule has 17 heavy (non-hydrogen) atoms. The molecule has 2 heterocycles. The Morgan fingerprint density at radius 3 is 2.82 bits per heavy atom. The van der Waals surface area contributed by atoms with E-state index in [1.165, 1.54) is 5.56 Å². The topological polar surface area (TPSA) is 26.0 Å². The van der Waals surface area contributed by atoms with Crippen molar-refractivity contribution in [2.75, 3.05) is 0 Å². The lowest BCUT2D eigenvalue weighted by Gasteiger charge is -1.95. The van der Waals surface area contributed by atoms with Crippen molar-refractivity contribution in [2.24, 2.45) is 0 Å². The van der Waals surface area contributed by atoms with E-state index in [0.29, 0.717) is 0 Å². The molecule has 0 spiro atoms. The quantitative estimate of drug-likeness (QED) is 0.655. The minimum absolute atomic E-state index is 0.807. The second kappa shape index (κ2) is 4.00. The summed E-state index contributed by atoms with van der Waals surface area (Å²) in [5, 5.41) is 1.13. The molecule has 0 saturated carbocycles. The third kappa shape index (κ3) is 1.87. The molecule has 0 aliphatic heterocycles. The zero-order valence-corrected chi connectivity index (χ0v) is 10.9. The molecule has 84 valence electrons. The number of halogens is 1. The highest BCUT2D eigenvalue weighted by Gasteiger charge is 2.09. The average molecular weight is 288 g/mol. The third-order valence-electron chi connectivity index (χ3n) is 2.73. The molecule has 2 nitrogen and oxygen atoms in total. The number of hydrogen-bond acceptors (Lipinski definition) is 2. The average Bonchev–Trinajstić information content (AvgIpc) is 2.74. The minimum atomic E-state index is 0.807. The van der Waals surface area contributed by atoms with Crippen molar-refractivity contribution in [1.29, 1.82) is 0 Å². The van der Waals surface area contributed by atoms with Crippen molar-refractivity contribution in [2.45, 2.75) is 6.92 Å². The van der Waals surface area contributed by atoms with Gasteiger partial charge >= 0.3 is 0 Å². The molecule has 3 aromatic rings. The maximum atomic E-state index is 5.82. The summed E-state index contributed by atoms with van der Waals surface area (Å²) in [4.78, 5) is 4.29. The summed E-state index contributed by atoms with van der Waals surface area (Å²) in [6.45, 7) is 2.07. The zero-order valence-electron chi connectivity index (χ0n) is 9.27. The van der Waals surface area contributed by atoms with Crippen LogP contribution >= 0.6 is 15.9 Å². The molecule has 0 amide bonds. The molecule has 0 atom stereocenters. The first-order valence-corrected chi connectivity index (χ1v) is 6.14. The second-order valence-electron chi connectivity index (χ2n) is 3.96. The zero-order chi connectivity index (χ0) is 11.8. The summed E-state index contributed by atoms with van der Waals surface area (Å²) in [6, 6.07) is 11.9. The van der Waals surface area contributed by atoms with Gasteiger partial charge in [0.1, 0.15) is 11.3 Å². The number of rotatable bonds is 1. The lowest BCUT2D eigenvalue weighted by molar-refractivity contribution is 0.628. The monoisotopic (exact) mass is 287 g/mol. The van der Waals surface area contributed by atoms with Gasteiger partial charge in [-0.25, -0.2) is 0 Å². The fourth-order valence-electron chi connectivity index (χ4n) is 1.91. The fourth-order valence-corrected chi connectivity index (χ4v) is 2.46. The van der Waals surface area contributed by atoms with E-state index in [1.54, 1.807) is 6.20 Å². The van der Waals surface area contributed by atoms with Gasteiger partial charge in [0.2, 0.25) is 0 Å². The van der Waals surface area contributed by atoms with E-state index in [-0.39, 0.29) is 0 Å². The molecule has 0 aliphatic rings. The Hall–Kier alpha value is -1.61. The number of hydrogen-bond donors (Lipinski definition) is 0. The number of aryl methyl sites for hydroxylation is 1. The van der Waals surface area contributed by atoms with Crippen LogP contribution in [-0.2, 0) is 0 Å². The number of pyridine rings is 1. The van der Waals surface area contributed by atoms with E-state index in [1.807, 2.05) is 30.3 Å². The summed E-state index contributed by atoms with van der Waals surface area (Å²) < 4.78 is 6.86. The van der Waals surface area contributed by atoms with Gasteiger partial charge in [-0.1, -0.05) is 22.0 Å². The smallest absolute Gasteiger partial charge is 0.153 e. The van der Waals surface area contributed by atoms with Crippen molar-refractivity contribution in [1.82, 2.24) is 4.98 Å². The van der Waals surface area contributed by atoms with Crippen LogP contribution in [0.5, 0.6) is 0 Å². The standard InChI is InChI=1S/C14H10BrNO/c1-9-6-10(15)7-13-11(9)8-14(17-13)12-4-2-3-5-16-12/h2-8H,1H3. The van der Waals surface area contributed by atoms with Gasteiger partial charge in [0.05, 0.1) is 0 Å². The first kappa shape index (κ1) is 10.5. The Morgan fingerprint density at radius 2 is 2.06 bits per heavy atom. The Bertz CT molecular complexity index is 673. The van der Waals surface area contributed by atoms with Gasteiger partial charge in [-0.15, -0.1) is 0 Å². The summed E-state index contributed by atoms with van der Waals surface area (Å²) in [7, 11) is 0. The van der Waals surface area contributed by atoms with Gasteiger partial charge < -0.3 is 4.42 Å². The summed E-state index contributed by atoms with van der Waals surface area (Å²) in [5.41, 5.74) is 2.94. The molecule has 0 saturated heterocycles. The lowest BCUT2D eigenvalue weighted by Crippen LogP contribution is -1.76. The Kier molecular flexibility index (Phi) is 2.48. The van der Waals surface area contributed by atoms with E-state index < -0.39 is 0 Å². The molecule has 0 bridgehead atoms. The molecule has 0 aliphatic carbocycles. The van der Waals surface area contributed by atoms with Crippen molar-refractivity contribution in [3.05, 3.63) is 52.6 Å². The van der Waals surface area contributed by atoms with Crippen LogP contribution in [0.15, 0.2) is 51.5 Å². The lowest BCUT2D eigenvalue weighted by atomic mass is 10.1. The molecule has 0 N–H and O–H groups in total. The molecule has 0 unspecified atom stereocenters. The maximum absolute atomic E-state index is 5.82. The van der Waals surface area contributed by atoms with E-state index in [9.17, 15) is 0 Å². The van der Waals surface area contributed by atoms with Crippen LogP contribution in [0.1, 0.15) is 5.56 Å². The molecule has 0 fully saturated rings. The van der Waals surface area contributed by atoms with Crippen LogP contribution in [0.3, 0.4) is 0 Å². The van der Waals surface area contributed by atoms with Gasteiger partial charge in [-0.05, 0) is 42.8 Å². The summed E-state index contributed by atoms with van der Waals surface area (Å²) >= 11 is 3.47. The largest absolute Gasteiger partial charge is 0.454 e. The highest BCUT2D eigenvalue weighted by Crippen LogP contribution is 2.30. The molecular formula is C14H10BrNO. The summed E-state index contributed by atoms with van der Waals surface area (Å²) in [5.74, 6) is 0.807. The minimum Gasteiger partial charge on any atom is -0.454 e. The first-order chi connectivity index (χ1) is 8.24. The van der Waals surface area contributed by atoms with Crippen LogP contribution in [0.25, 0.3) is 22.4 Å². The number of fused-ring (bicyclic) bond motifs is 1. The Morgan fingerprint density at radius 1 is 1.18 bits per heavy atom. The highest BCUT2D eigenvalue weighted by atomic mass is 79.9. The first-order valence-electron chi connectivity index (χ1n) is 5.35. The van der Waals surface area contributed by atoms with E-state index in [4.69, 9.17) is 4.42 Å². The van der Waals surface area contributed by atoms with Gasteiger partial charge in [0, 0.05) is 16.1 Å². The number of benzene rings is 1. The normalized spacial score (nSPS) is 10.9. The Balaban J connectivity index is 2.24. The van der Waals surface area contributed by atoms with Crippen LogP contribution in [-0.4, -0.2) is 4.98 Å². The van der Waals surface area contributed by atoms with Crippen LogP contribution in [0.4, 0.5) is 0 Å². The SMILES string of the molecule is Cc1cc(Br)cc2oc(-c3ccccn3)cc12. The molecule has 3 heteroatoms. The van der Waals surface area contributed by atoms with Gasteiger partial charge in [-0.2, -0.15) is 0 Å². The molecular weight excluding hydrogens is 278 g/mol. The van der Waals surface area contributed by atoms with Crippen LogP contribution in [0.2, 0.25) is 0 Å².